The van der Waals surface area contributed by atoms with Crippen LogP contribution in [0.2, 0.25) is 0 Å². The highest BCUT2D eigenvalue weighted by atomic mass is 19.4. The van der Waals surface area contributed by atoms with Gasteiger partial charge >= 0.3 is 6.18 Å². The van der Waals surface area contributed by atoms with Crippen molar-refractivity contribution in [3.8, 4) is 0 Å². The highest BCUT2D eigenvalue weighted by molar-refractivity contribution is 5.71. The fraction of sp³-hybridized carbons (Fsp3) is 0.500. The minimum absolute atomic E-state index is 0.288. The first-order valence-electron chi connectivity index (χ1n) is 10.3. The molecule has 7 nitrogen and oxygen atoms in total. The second-order valence-electron chi connectivity index (χ2n) is 8.20. The number of aromatic nitrogens is 5. The molecule has 5 heterocycles. The van der Waals surface area contributed by atoms with E-state index in [2.05, 4.69) is 20.1 Å². The van der Waals surface area contributed by atoms with Gasteiger partial charge in [-0.05, 0) is 31.4 Å². The monoisotopic (exact) mass is 453 g/mol. The SMILES string of the molecule is FC(F)Cn1ncc2ncc(N3CCC4(CCCN4c4ccnc(C(F)(F)F)c4)C3)nc21. The fourth-order valence-electron chi connectivity index (χ4n) is 4.82. The van der Waals surface area contributed by atoms with Gasteiger partial charge in [0.05, 0.1) is 17.9 Å². The molecule has 2 fully saturated rings. The van der Waals surface area contributed by atoms with E-state index in [4.69, 9.17) is 0 Å². The Labute approximate surface area is 179 Å². The van der Waals surface area contributed by atoms with Gasteiger partial charge < -0.3 is 9.80 Å². The molecular formula is C20H20F5N7. The third kappa shape index (κ3) is 3.61. The lowest BCUT2D eigenvalue weighted by atomic mass is 9.94. The maximum absolute atomic E-state index is 13.2. The lowest BCUT2D eigenvalue weighted by Crippen LogP contribution is -2.46. The van der Waals surface area contributed by atoms with Crippen LogP contribution in [-0.4, -0.2) is 56.3 Å². The van der Waals surface area contributed by atoms with Crippen LogP contribution in [0.3, 0.4) is 0 Å². The molecule has 2 aliphatic heterocycles. The number of pyridine rings is 1. The van der Waals surface area contributed by atoms with Gasteiger partial charge in [-0.15, -0.1) is 0 Å². The van der Waals surface area contributed by atoms with Crippen molar-refractivity contribution < 1.29 is 22.0 Å². The summed E-state index contributed by atoms with van der Waals surface area (Å²) in [5.74, 6) is 0.544. The molecule has 3 aromatic heterocycles. The van der Waals surface area contributed by atoms with E-state index >= 15 is 0 Å². The maximum Gasteiger partial charge on any atom is 0.433 e. The number of hydrogen-bond donors (Lipinski definition) is 0. The van der Waals surface area contributed by atoms with Gasteiger partial charge in [-0.25, -0.2) is 23.4 Å². The largest absolute Gasteiger partial charge is 0.433 e. The van der Waals surface area contributed by atoms with E-state index in [0.717, 1.165) is 30.0 Å². The first-order valence-corrected chi connectivity index (χ1v) is 10.3. The number of halogens is 5. The third-order valence-corrected chi connectivity index (χ3v) is 6.24. The number of anilines is 2. The van der Waals surface area contributed by atoms with Crippen LogP contribution >= 0.6 is 0 Å². The molecule has 0 aliphatic carbocycles. The molecule has 0 amide bonds. The number of hydrogen-bond acceptors (Lipinski definition) is 6. The normalized spacial score (nSPS) is 21.6. The van der Waals surface area contributed by atoms with Crippen LogP contribution in [0.4, 0.5) is 33.5 Å². The van der Waals surface area contributed by atoms with E-state index in [1.54, 1.807) is 12.3 Å². The number of fused-ring (bicyclic) bond motifs is 1. The van der Waals surface area contributed by atoms with Gasteiger partial charge in [0.1, 0.15) is 23.6 Å². The van der Waals surface area contributed by atoms with Crippen molar-refractivity contribution >= 4 is 22.7 Å². The molecule has 12 heteroatoms. The number of alkyl halides is 5. The van der Waals surface area contributed by atoms with E-state index < -0.39 is 24.8 Å². The topological polar surface area (TPSA) is 63.0 Å². The smallest absolute Gasteiger partial charge is 0.364 e. The Bertz CT molecular complexity index is 1130. The maximum atomic E-state index is 13.2. The predicted octanol–water partition coefficient (Wildman–Crippen LogP) is 3.75. The molecule has 1 unspecified atom stereocenters. The van der Waals surface area contributed by atoms with Crippen LogP contribution in [0.15, 0.2) is 30.7 Å². The van der Waals surface area contributed by atoms with Crippen molar-refractivity contribution in [2.45, 2.75) is 43.9 Å². The van der Waals surface area contributed by atoms with Crippen molar-refractivity contribution in [3.05, 3.63) is 36.4 Å². The van der Waals surface area contributed by atoms with Gasteiger partial charge in [-0.3, -0.25) is 4.98 Å². The van der Waals surface area contributed by atoms with Crippen molar-refractivity contribution in [2.75, 3.05) is 29.4 Å². The highest BCUT2D eigenvalue weighted by Gasteiger charge is 2.47. The lowest BCUT2D eigenvalue weighted by Gasteiger charge is -2.37. The summed E-state index contributed by atoms with van der Waals surface area (Å²) in [5.41, 5.74) is -0.0126. The van der Waals surface area contributed by atoms with Crippen LogP contribution in [0.5, 0.6) is 0 Å². The van der Waals surface area contributed by atoms with Crippen molar-refractivity contribution in [1.29, 1.82) is 0 Å². The molecular weight excluding hydrogens is 433 g/mol. The van der Waals surface area contributed by atoms with E-state index in [9.17, 15) is 22.0 Å². The molecule has 32 heavy (non-hydrogen) atoms. The summed E-state index contributed by atoms with van der Waals surface area (Å²) in [4.78, 5) is 16.3. The molecule has 1 atom stereocenters. The summed E-state index contributed by atoms with van der Waals surface area (Å²) in [7, 11) is 0. The molecule has 0 aromatic carbocycles. The molecule has 0 N–H and O–H groups in total. The number of rotatable bonds is 4. The Morgan fingerprint density at radius 2 is 1.94 bits per heavy atom. The Morgan fingerprint density at radius 3 is 2.72 bits per heavy atom. The summed E-state index contributed by atoms with van der Waals surface area (Å²) in [6, 6.07) is 2.71. The second kappa shape index (κ2) is 7.52. The molecule has 0 saturated carbocycles. The molecule has 170 valence electrons. The van der Waals surface area contributed by atoms with Crippen LogP contribution in [-0.2, 0) is 12.7 Å². The Balaban J connectivity index is 1.42. The van der Waals surface area contributed by atoms with Crippen LogP contribution in [0.25, 0.3) is 11.2 Å². The zero-order valence-corrected chi connectivity index (χ0v) is 16.9. The lowest BCUT2D eigenvalue weighted by molar-refractivity contribution is -0.141. The Kier molecular flexibility index (Phi) is 4.90. The molecule has 5 rings (SSSR count). The van der Waals surface area contributed by atoms with E-state index in [0.29, 0.717) is 36.7 Å². The molecule has 0 radical (unpaired) electrons. The van der Waals surface area contributed by atoms with Gasteiger partial charge in [0.25, 0.3) is 6.43 Å². The van der Waals surface area contributed by atoms with Gasteiger partial charge in [0.15, 0.2) is 5.65 Å². The summed E-state index contributed by atoms with van der Waals surface area (Å²) in [5, 5.41) is 3.94. The molecule has 1 spiro atoms. The average molecular weight is 453 g/mol. The van der Waals surface area contributed by atoms with Crippen LogP contribution < -0.4 is 9.80 Å². The van der Waals surface area contributed by atoms with Crippen molar-refractivity contribution in [2.24, 2.45) is 0 Å². The average Bonchev–Trinajstić information content (AvgIpc) is 3.47. The second-order valence-corrected chi connectivity index (χ2v) is 8.20. The minimum Gasteiger partial charge on any atom is -0.364 e. The summed E-state index contributed by atoms with van der Waals surface area (Å²) in [6.07, 6.45) is -0.434. The molecule has 2 aliphatic rings. The summed E-state index contributed by atoms with van der Waals surface area (Å²) < 4.78 is 66.3. The standard InChI is InChI=1S/C20H20F5N7/c21-16(22)11-32-18-14(9-28-32)27-10-17(29-18)30-7-4-19(12-30)3-1-6-31(19)13-2-5-26-15(8-13)20(23,24)25/h2,5,8-10,16H,1,3-4,6-7,11-12H2. The van der Waals surface area contributed by atoms with Crippen molar-refractivity contribution in [3.63, 3.8) is 0 Å². The van der Waals surface area contributed by atoms with E-state index in [1.165, 1.54) is 12.4 Å². The zero-order valence-electron chi connectivity index (χ0n) is 16.9. The fourth-order valence-corrected chi connectivity index (χ4v) is 4.82. The van der Waals surface area contributed by atoms with Gasteiger partial charge in [-0.2, -0.15) is 18.3 Å². The quantitative estimate of drug-likeness (QED) is 0.561. The minimum atomic E-state index is -4.50. The summed E-state index contributed by atoms with van der Waals surface area (Å²) >= 11 is 0. The van der Waals surface area contributed by atoms with Crippen LogP contribution in [0.1, 0.15) is 25.0 Å². The van der Waals surface area contributed by atoms with Gasteiger partial charge in [0.2, 0.25) is 0 Å². The third-order valence-electron chi connectivity index (χ3n) is 6.24. The van der Waals surface area contributed by atoms with Crippen LogP contribution in [0, 0.1) is 0 Å². The van der Waals surface area contributed by atoms with Gasteiger partial charge in [-0.1, -0.05) is 0 Å². The molecule has 0 bridgehead atoms. The van der Waals surface area contributed by atoms with E-state index in [1.807, 2.05) is 9.80 Å². The zero-order chi connectivity index (χ0) is 22.5. The van der Waals surface area contributed by atoms with Gasteiger partial charge in [0, 0.05) is 31.5 Å². The Morgan fingerprint density at radius 1 is 1.09 bits per heavy atom. The molecule has 2 saturated heterocycles. The Hall–Kier alpha value is -3.05. The number of nitrogens with zero attached hydrogens (tertiary/aromatic N) is 7. The first kappa shape index (κ1) is 20.8. The summed E-state index contributed by atoms with van der Waals surface area (Å²) in [6.45, 7) is 1.28. The highest BCUT2D eigenvalue weighted by Crippen LogP contribution is 2.42. The first-order chi connectivity index (χ1) is 15.2. The molecule has 3 aromatic rings. The predicted molar refractivity (Wildman–Crippen MR) is 107 cm³/mol. The van der Waals surface area contributed by atoms with Crippen molar-refractivity contribution in [1.82, 2.24) is 24.7 Å². The van der Waals surface area contributed by atoms with E-state index in [-0.39, 0.29) is 11.2 Å².